The van der Waals surface area contributed by atoms with Crippen molar-refractivity contribution in [3.8, 4) is 0 Å². The average Bonchev–Trinajstić information content (AvgIpc) is 2.77. The fourth-order valence-electron chi connectivity index (χ4n) is 3.17. The minimum atomic E-state index is -3.73. The molecule has 1 atom stereocenters. The van der Waals surface area contributed by atoms with Crippen LogP contribution in [-0.2, 0) is 29.5 Å². The van der Waals surface area contributed by atoms with Crippen LogP contribution in [0.3, 0.4) is 0 Å². The van der Waals surface area contributed by atoms with Crippen molar-refractivity contribution in [2.75, 3.05) is 0 Å². The molecule has 1 aliphatic rings. The first kappa shape index (κ1) is 19.8. The van der Waals surface area contributed by atoms with Crippen molar-refractivity contribution >= 4 is 10.0 Å². The standard InChI is InChI=1S/C18H25FN4O3S/c1-13(2)9-12-23-18(24)22-11-10-15(5-8-17(22)20-23)21-27(25,26)16-6-3-14(19)4-7-16/h3-4,6-7,13,15,21H,5,8-12H2,1-2H3. The number of hydrogen-bond acceptors (Lipinski definition) is 4. The highest BCUT2D eigenvalue weighted by atomic mass is 32.2. The van der Waals surface area contributed by atoms with E-state index in [0.717, 1.165) is 18.6 Å². The molecular weight excluding hydrogens is 371 g/mol. The van der Waals surface area contributed by atoms with Crippen LogP contribution >= 0.6 is 0 Å². The molecule has 1 aliphatic heterocycles. The molecule has 3 rings (SSSR count). The van der Waals surface area contributed by atoms with Gasteiger partial charge in [-0.15, -0.1) is 0 Å². The van der Waals surface area contributed by atoms with Crippen molar-refractivity contribution in [1.29, 1.82) is 0 Å². The van der Waals surface area contributed by atoms with E-state index < -0.39 is 15.8 Å². The molecule has 2 aromatic rings. The Hall–Kier alpha value is -2.00. The predicted octanol–water partition coefficient (Wildman–Crippen LogP) is 1.91. The maximum atomic E-state index is 13.0. The fourth-order valence-corrected chi connectivity index (χ4v) is 4.48. The van der Waals surface area contributed by atoms with Crippen molar-refractivity contribution in [2.24, 2.45) is 5.92 Å². The van der Waals surface area contributed by atoms with E-state index in [9.17, 15) is 17.6 Å². The smallest absolute Gasteiger partial charge is 0.279 e. The highest BCUT2D eigenvalue weighted by Crippen LogP contribution is 2.16. The van der Waals surface area contributed by atoms with Gasteiger partial charge < -0.3 is 0 Å². The summed E-state index contributed by atoms with van der Waals surface area (Å²) in [5.41, 5.74) is -0.132. The van der Waals surface area contributed by atoms with E-state index in [0.29, 0.717) is 44.1 Å². The molecule has 0 amide bonds. The van der Waals surface area contributed by atoms with Gasteiger partial charge in [-0.1, -0.05) is 13.8 Å². The summed E-state index contributed by atoms with van der Waals surface area (Å²) in [5, 5.41) is 4.43. The lowest BCUT2D eigenvalue weighted by Crippen LogP contribution is -2.35. The molecular formula is C18H25FN4O3S. The molecule has 27 heavy (non-hydrogen) atoms. The van der Waals surface area contributed by atoms with Gasteiger partial charge in [-0.25, -0.2) is 27.0 Å². The third kappa shape index (κ3) is 4.65. The third-order valence-electron chi connectivity index (χ3n) is 4.78. The van der Waals surface area contributed by atoms with Crippen LogP contribution in [0.1, 0.15) is 38.9 Å². The first-order valence-electron chi connectivity index (χ1n) is 9.20. The van der Waals surface area contributed by atoms with Crippen LogP contribution in [0.2, 0.25) is 0 Å². The van der Waals surface area contributed by atoms with Crippen LogP contribution in [0, 0.1) is 11.7 Å². The quantitative estimate of drug-likeness (QED) is 0.808. The van der Waals surface area contributed by atoms with Gasteiger partial charge in [0, 0.05) is 25.6 Å². The second kappa shape index (κ2) is 7.93. The summed E-state index contributed by atoms with van der Waals surface area (Å²) in [4.78, 5) is 12.5. The molecule has 1 aromatic heterocycles. The second-order valence-corrected chi connectivity index (χ2v) is 9.07. The molecule has 1 aromatic carbocycles. The van der Waals surface area contributed by atoms with E-state index in [1.165, 1.54) is 16.8 Å². The number of nitrogens with one attached hydrogen (secondary N) is 1. The van der Waals surface area contributed by atoms with Gasteiger partial charge in [-0.2, -0.15) is 5.10 Å². The van der Waals surface area contributed by atoms with Gasteiger partial charge in [-0.05, 0) is 49.4 Å². The zero-order chi connectivity index (χ0) is 19.6. The van der Waals surface area contributed by atoms with Crippen molar-refractivity contribution < 1.29 is 12.8 Å². The van der Waals surface area contributed by atoms with Crippen molar-refractivity contribution in [3.63, 3.8) is 0 Å². The van der Waals surface area contributed by atoms with Gasteiger partial charge in [-0.3, -0.25) is 4.57 Å². The Kier molecular flexibility index (Phi) is 5.81. The van der Waals surface area contributed by atoms with Crippen LogP contribution in [0.5, 0.6) is 0 Å². The van der Waals surface area contributed by atoms with E-state index in [4.69, 9.17) is 0 Å². The number of sulfonamides is 1. The van der Waals surface area contributed by atoms with Gasteiger partial charge in [0.05, 0.1) is 4.90 Å². The molecule has 148 valence electrons. The maximum Gasteiger partial charge on any atom is 0.345 e. The zero-order valence-electron chi connectivity index (χ0n) is 15.6. The van der Waals surface area contributed by atoms with Crippen LogP contribution in [-0.4, -0.2) is 28.8 Å². The molecule has 0 fully saturated rings. The highest BCUT2D eigenvalue weighted by molar-refractivity contribution is 7.89. The summed E-state index contributed by atoms with van der Waals surface area (Å²) in [7, 11) is -3.73. The minimum Gasteiger partial charge on any atom is -0.279 e. The topological polar surface area (TPSA) is 86.0 Å². The first-order chi connectivity index (χ1) is 12.8. The van der Waals surface area contributed by atoms with Gasteiger partial charge in [0.15, 0.2) is 0 Å². The number of hydrogen-bond donors (Lipinski definition) is 1. The van der Waals surface area contributed by atoms with Crippen molar-refractivity contribution in [1.82, 2.24) is 19.1 Å². The van der Waals surface area contributed by atoms with Gasteiger partial charge in [0.1, 0.15) is 11.6 Å². The Morgan fingerprint density at radius 3 is 2.63 bits per heavy atom. The lowest BCUT2D eigenvalue weighted by atomic mass is 10.1. The number of aromatic nitrogens is 3. The number of benzene rings is 1. The van der Waals surface area contributed by atoms with Crippen LogP contribution in [0.4, 0.5) is 4.39 Å². The lowest BCUT2D eigenvalue weighted by molar-refractivity contribution is 0.458. The molecule has 0 saturated carbocycles. The monoisotopic (exact) mass is 396 g/mol. The van der Waals surface area contributed by atoms with Crippen LogP contribution in [0.25, 0.3) is 0 Å². The molecule has 0 bridgehead atoms. The molecule has 1 N–H and O–H groups in total. The van der Waals surface area contributed by atoms with E-state index in [2.05, 4.69) is 23.7 Å². The molecule has 2 heterocycles. The minimum absolute atomic E-state index is 0.0296. The van der Waals surface area contributed by atoms with Crippen LogP contribution < -0.4 is 10.4 Å². The summed E-state index contributed by atoms with van der Waals surface area (Å²) < 4.78 is 43.8. The molecule has 0 spiro atoms. The van der Waals surface area contributed by atoms with E-state index in [1.807, 2.05) is 0 Å². The molecule has 0 radical (unpaired) electrons. The molecule has 1 unspecified atom stereocenters. The number of rotatable bonds is 6. The molecule has 7 nitrogen and oxygen atoms in total. The summed E-state index contributed by atoms with van der Waals surface area (Å²) in [6.45, 7) is 5.22. The largest absolute Gasteiger partial charge is 0.345 e. The number of fused-ring (bicyclic) bond motifs is 1. The van der Waals surface area contributed by atoms with Gasteiger partial charge >= 0.3 is 5.69 Å². The molecule has 9 heteroatoms. The maximum absolute atomic E-state index is 13.0. The van der Waals surface area contributed by atoms with Gasteiger partial charge in [0.2, 0.25) is 10.0 Å². The summed E-state index contributed by atoms with van der Waals surface area (Å²) in [6, 6.07) is 4.43. The number of aryl methyl sites for hydroxylation is 2. The Balaban J connectivity index is 1.68. The number of nitrogens with zero attached hydrogens (tertiary/aromatic N) is 3. The van der Waals surface area contributed by atoms with Gasteiger partial charge in [0.25, 0.3) is 0 Å². The molecule has 0 aliphatic carbocycles. The highest BCUT2D eigenvalue weighted by Gasteiger charge is 2.25. The van der Waals surface area contributed by atoms with Crippen molar-refractivity contribution in [2.45, 2.75) is 63.6 Å². The Labute approximate surface area is 158 Å². The SMILES string of the molecule is CC(C)CCn1nc2n(c1=O)CCC(NS(=O)(=O)c1ccc(F)cc1)CC2. The Morgan fingerprint density at radius 2 is 1.96 bits per heavy atom. The normalized spacial score (nSPS) is 17.7. The summed E-state index contributed by atoms with van der Waals surface area (Å²) in [6.07, 6.45) is 2.47. The zero-order valence-corrected chi connectivity index (χ0v) is 16.4. The lowest BCUT2D eigenvalue weighted by Gasteiger charge is -2.16. The van der Waals surface area contributed by atoms with E-state index in [1.54, 1.807) is 4.57 Å². The summed E-state index contributed by atoms with van der Waals surface area (Å²) >= 11 is 0. The number of halogens is 1. The predicted molar refractivity (Wildman–Crippen MR) is 99.4 cm³/mol. The third-order valence-corrected chi connectivity index (χ3v) is 6.32. The van der Waals surface area contributed by atoms with Crippen molar-refractivity contribution in [3.05, 3.63) is 46.4 Å². The van der Waals surface area contributed by atoms with E-state index in [-0.39, 0.29) is 16.6 Å². The Bertz CT molecular complexity index is 948. The van der Waals surface area contributed by atoms with Crippen LogP contribution in [0.15, 0.2) is 34.0 Å². The molecule has 0 saturated heterocycles. The second-order valence-electron chi connectivity index (χ2n) is 7.36. The Morgan fingerprint density at radius 1 is 1.26 bits per heavy atom. The summed E-state index contributed by atoms with van der Waals surface area (Å²) in [5.74, 6) is 0.707. The average molecular weight is 396 g/mol. The van der Waals surface area contributed by atoms with E-state index >= 15 is 0 Å². The first-order valence-corrected chi connectivity index (χ1v) is 10.7. The fraction of sp³-hybridized carbons (Fsp3) is 0.556.